The van der Waals surface area contributed by atoms with Crippen LogP contribution in [0.1, 0.15) is 5.56 Å². The van der Waals surface area contributed by atoms with Gasteiger partial charge in [-0.3, -0.25) is 4.79 Å². The first-order chi connectivity index (χ1) is 13.7. The number of hydrogen-bond donors (Lipinski definition) is 0. The number of hydrogen-bond acceptors (Lipinski definition) is 7. The van der Waals surface area contributed by atoms with E-state index in [2.05, 4.69) is 10.2 Å². The Morgan fingerprint density at radius 1 is 0.929 bits per heavy atom. The smallest absolute Gasteiger partial charge is 0.276 e. The predicted molar refractivity (Wildman–Crippen MR) is 107 cm³/mol. The zero-order valence-corrected chi connectivity index (χ0v) is 16.3. The van der Waals surface area contributed by atoms with E-state index in [9.17, 15) is 4.79 Å². The maximum Gasteiger partial charge on any atom is 0.276 e. The molecule has 2 aromatic carbocycles. The van der Waals surface area contributed by atoms with Crippen molar-refractivity contribution in [3.8, 4) is 28.6 Å². The number of methoxy groups -OCH3 is 3. The molecule has 8 heteroatoms. The van der Waals surface area contributed by atoms with E-state index in [1.165, 1.54) is 15.7 Å². The van der Waals surface area contributed by atoms with Gasteiger partial charge in [-0.1, -0.05) is 29.5 Å². The molecule has 0 aliphatic rings. The number of para-hydroxylation sites is 1. The van der Waals surface area contributed by atoms with Gasteiger partial charge >= 0.3 is 0 Å². The summed E-state index contributed by atoms with van der Waals surface area (Å²) in [5, 5.41) is 8.35. The summed E-state index contributed by atoms with van der Waals surface area (Å²) in [7, 11) is 4.73. The van der Waals surface area contributed by atoms with Crippen LogP contribution in [0.5, 0.6) is 17.2 Å². The van der Waals surface area contributed by atoms with Gasteiger partial charge in [0, 0.05) is 11.1 Å². The summed E-state index contributed by atoms with van der Waals surface area (Å²) in [6, 6.07) is 12.9. The molecule has 0 bridgehead atoms. The molecule has 142 valence electrons. The van der Waals surface area contributed by atoms with Crippen molar-refractivity contribution in [3.63, 3.8) is 0 Å². The van der Waals surface area contributed by atoms with Crippen molar-refractivity contribution in [1.82, 2.24) is 14.6 Å². The van der Waals surface area contributed by atoms with Crippen LogP contribution in [0.15, 0.2) is 47.3 Å². The van der Waals surface area contributed by atoms with E-state index in [4.69, 9.17) is 14.2 Å². The van der Waals surface area contributed by atoms with Crippen molar-refractivity contribution in [2.24, 2.45) is 0 Å². The van der Waals surface area contributed by atoms with Crippen LogP contribution in [-0.4, -0.2) is 35.9 Å². The number of thiazole rings is 1. The average molecular weight is 395 g/mol. The summed E-state index contributed by atoms with van der Waals surface area (Å²) in [4.78, 5) is 13.6. The summed E-state index contributed by atoms with van der Waals surface area (Å²) in [5.74, 6) is 2.31. The van der Waals surface area contributed by atoms with Crippen LogP contribution in [0, 0.1) is 0 Å². The van der Waals surface area contributed by atoms with Crippen molar-refractivity contribution < 1.29 is 14.2 Å². The second-order valence-corrected chi connectivity index (χ2v) is 6.88. The highest BCUT2D eigenvalue weighted by Gasteiger charge is 2.16. The van der Waals surface area contributed by atoms with Crippen molar-refractivity contribution in [3.05, 3.63) is 62.9 Å². The van der Waals surface area contributed by atoms with Gasteiger partial charge in [0.25, 0.3) is 5.56 Å². The first kappa shape index (κ1) is 18.0. The molecule has 0 saturated heterocycles. The van der Waals surface area contributed by atoms with Gasteiger partial charge in [0.15, 0.2) is 17.3 Å². The molecule has 0 N–H and O–H groups in total. The van der Waals surface area contributed by atoms with Gasteiger partial charge < -0.3 is 14.2 Å². The Kier molecular flexibility index (Phi) is 4.70. The summed E-state index contributed by atoms with van der Waals surface area (Å²) >= 11 is 1.28. The van der Waals surface area contributed by atoms with Crippen molar-refractivity contribution in [2.45, 2.75) is 0 Å². The third-order valence-electron chi connectivity index (χ3n) is 4.32. The van der Waals surface area contributed by atoms with Gasteiger partial charge in [-0.2, -0.15) is 0 Å². The van der Waals surface area contributed by atoms with Gasteiger partial charge in [0.05, 0.1) is 25.9 Å². The molecule has 4 aromatic rings. The van der Waals surface area contributed by atoms with Crippen LogP contribution >= 0.6 is 11.3 Å². The standard InChI is InChI=1S/C20H17N3O4S/c1-25-14-7-5-4-6-12(14)11-17-19(24)23-18(21-22-20(23)28-17)13-8-9-15(26-2)16(10-13)27-3/h4-11H,1-3H3. The zero-order valence-electron chi connectivity index (χ0n) is 15.5. The summed E-state index contributed by atoms with van der Waals surface area (Å²) in [6.07, 6.45) is 1.80. The van der Waals surface area contributed by atoms with Gasteiger partial charge in [0.1, 0.15) is 5.75 Å². The minimum absolute atomic E-state index is 0.180. The SMILES string of the molecule is COc1ccccc1C=c1sc2nnc(-c3ccc(OC)c(OC)c3)n2c1=O. The first-order valence-electron chi connectivity index (χ1n) is 8.41. The van der Waals surface area contributed by atoms with E-state index in [1.54, 1.807) is 39.5 Å². The van der Waals surface area contributed by atoms with Crippen LogP contribution in [0.4, 0.5) is 0 Å². The lowest BCUT2D eigenvalue weighted by Crippen LogP contribution is -2.23. The maximum atomic E-state index is 13.0. The lowest BCUT2D eigenvalue weighted by molar-refractivity contribution is 0.355. The lowest BCUT2D eigenvalue weighted by Gasteiger charge is -2.08. The molecule has 0 radical (unpaired) electrons. The average Bonchev–Trinajstić information content (AvgIpc) is 3.28. The highest BCUT2D eigenvalue weighted by Crippen LogP contribution is 2.31. The molecule has 0 saturated carbocycles. The molecule has 0 aliphatic heterocycles. The minimum atomic E-state index is -0.180. The van der Waals surface area contributed by atoms with Crippen LogP contribution in [0.25, 0.3) is 22.4 Å². The lowest BCUT2D eigenvalue weighted by atomic mass is 10.2. The third kappa shape index (κ3) is 2.97. The Morgan fingerprint density at radius 2 is 1.68 bits per heavy atom. The fourth-order valence-electron chi connectivity index (χ4n) is 2.95. The predicted octanol–water partition coefficient (Wildman–Crippen LogP) is 2.39. The van der Waals surface area contributed by atoms with Gasteiger partial charge in [-0.25, -0.2) is 4.40 Å². The van der Waals surface area contributed by atoms with Crippen molar-refractivity contribution in [2.75, 3.05) is 21.3 Å². The normalized spacial score (nSPS) is 11.8. The summed E-state index contributed by atoms with van der Waals surface area (Å²) < 4.78 is 18.0. The number of fused-ring (bicyclic) bond motifs is 1. The molecule has 0 fully saturated rings. The minimum Gasteiger partial charge on any atom is -0.496 e. The molecular weight excluding hydrogens is 378 g/mol. The second kappa shape index (κ2) is 7.32. The second-order valence-electron chi connectivity index (χ2n) is 5.87. The molecule has 0 spiro atoms. The fraction of sp³-hybridized carbons (Fsp3) is 0.150. The number of nitrogens with zero attached hydrogens (tertiary/aromatic N) is 3. The van der Waals surface area contributed by atoms with Crippen LogP contribution < -0.4 is 24.3 Å². The zero-order chi connectivity index (χ0) is 19.7. The molecule has 0 atom stereocenters. The topological polar surface area (TPSA) is 75.0 Å². The molecule has 2 aromatic heterocycles. The Balaban J connectivity index is 1.88. The fourth-order valence-corrected chi connectivity index (χ4v) is 3.86. The summed E-state index contributed by atoms with van der Waals surface area (Å²) in [5.41, 5.74) is 1.36. The molecule has 2 heterocycles. The Morgan fingerprint density at radius 3 is 2.43 bits per heavy atom. The largest absolute Gasteiger partial charge is 0.496 e. The molecule has 4 rings (SSSR count). The van der Waals surface area contributed by atoms with E-state index < -0.39 is 0 Å². The van der Waals surface area contributed by atoms with Crippen molar-refractivity contribution >= 4 is 22.4 Å². The first-order valence-corrected chi connectivity index (χ1v) is 9.23. The number of rotatable bonds is 5. The number of ether oxygens (including phenoxy) is 3. The Hall–Kier alpha value is -3.39. The van der Waals surface area contributed by atoms with Crippen molar-refractivity contribution in [1.29, 1.82) is 0 Å². The molecule has 7 nitrogen and oxygen atoms in total. The molecule has 0 unspecified atom stereocenters. The third-order valence-corrected chi connectivity index (χ3v) is 5.27. The van der Waals surface area contributed by atoms with Crippen LogP contribution in [-0.2, 0) is 0 Å². The highest BCUT2D eigenvalue weighted by molar-refractivity contribution is 7.15. The number of aromatic nitrogens is 3. The Bertz CT molecular complexity index is 1260. The van der Waals surface area contributed by atoms with Gasteiger partial charge in [-0.15, -0.1) is 10.2 Å². The van der Waals surface area contributed by atoms with Crippen LogP contribution in [0.3, 0.4) is 0 Å². The highest BCUT2D eigenvalue weighted by atomic mass is 32.1. The molecular formula is C20H17N3O4S. The quantitative estimate of drug-likeness (QED) is 0.517. The molecule has 28 heavy (non-hydrogen) atoms. The van der Waals surface area contributed by atoms with Crippen LogP contribution in [0.2, 0.25) is 0 Å². The van der Waals surface area contributed by atoms with E-state index in [0.717, 1.165) is 5.56 Å². The maximum absolute atomic E-state index is 13.0. The van der Waals surface area contributed by atoms with E-state index >= 15 is 0 Å². The summed E-state index contributed by atoms with van der Waals surface area (Å²) in [6.45, 7) is 0. The monoisotopic (exact) mass is 395 g/mol. The van der Waals surface area contributed by atoms with E-state index in [1.807, 2.05) is 30.3 Å². The number of benzene rings is 2. The Labute approximate surface area is 164 Å². The van der Waals surface area contributed by atoms with Gasteiger partial charge in [-0.05, 0) is 30.3 Å². The van der Waals surface area contributed by atoms with E-state index in [0.29, 0.717) is 38.1 Å². The molecule has 0 amide bonds. The molecule has 0 aliphatic carbocycles. The van der Waals surface area contributed by atoms with E-state index in [-0.39, 0.29) is 5.56 Å². The van der Waals surface area contributed by atoms with Gasteiger partial charge in [0.2, 0.25) is 4.96 Å².